The van der Waals surface area contributed by atoms with E-state index in [1.807, 2.05) is 67.5 Å². The molecule has 0 fully saturated rings. The first-order valence-electron chi connectivity index (χ1n) is 14.7. The maximum atomic E-state index is 13.1. The number of aryl methyl sites for hydroxylation is 1. The van der Waals surface area contributed by atoms with E-state index in [1.54, 1.807) is 18.2 Å². The van der Waals surface area contributed by atoms with Crippen LogP contribution in [0.5, 0.6) is 5.75 Å². The van der Waals surface area contributed by atoms with Gasteiger partial charge in [0.05, 0.1) is 11.1 Å². The summed E-state index contributed by atoms with van der Waals surface area (Å²) in [5.41, 5.74) is -0.775. The molecule has 2 aliphatic rings. The molecule has 0 spiro atoms. The molecule has 0 saturated carbocycles. The average Bonchev–Trinajstić information content (AvgIpc) is 3.01. The second-order valence-corrected chi connectivity index (χ2v) is 9.40. The molecular weight excluding hydrogens is 634 g/mol. The molecule has 240 valence electrons. The van der Waals surface area contributed by atoms with Gasteiger partial charge in [-0.2, -0.15) is 26.3 Å². The predicted octanol–water partition coefficient (Wildman–Crippen LogP) is 12.4. The number of alkyl halides is 6. The van der Waals surface area contributed by atoms with Gasteiger partial charge in [0.1, 0.15) is 12.4 Å². The highest BCUT2D eigenvalue weighted by molar-refractivity contribution is 9.11. The standard InChI is InChI=1S/C26H19BrF6O2.4C2H6/c27-21-5-1-15(2-6-21)14-35-22-7-8-23-17(12-22)3-4-18(24(23)34)9-16-10-19(25(28,29)30)13-20(11-16)26(31,32)33;4*1-2/h1,5,7-13H,2-4,6,14H2;4*1-2H3/b18-9+;;;;. The fraction of sp³-hybridized carbons (Fsp3) is 0.441. The predicted molar refractivity (Wildman–Crippen MR) is 169 cm³/mol. The maximum Gasteiger partial charge on any atom is 0.416 e. The molecule has 43 heavy (non-hydrogen) atoms. The molecule has 0 radical (unpaired) electrons. The van der Waals surface area contributed by atoms with Crippen LogP contribution >= 0.6 is 15.9 Å². The molecule has 9 heteroatoms. The van der Waals surface area contributed by atoms with Gasteiger partial charge in [0, 0.05) is 11.1 Å². The summed E-state index contributed by atoms with van der Waals surface area (Å²) in [5.74, 6) is 0.167. The number of hydrogen-bond donors (Lipinski definition) is 0. The summed E-state index contributed by atoms with van der Waals surface area (Å²) < 4.78 is 85.9. The summed E-state index contributed by atoms with van der Waals surface area (Å²) >= 11 is 3.45. The van der Waals surface area contributed by atoms with Crippen molar-refractivity contribution < 1.29 is 35.9 Å². The maximum absolute atomic E-state index is 13.1. The van der Waals surface area contributed by atoms with Crippen LogP contribution in [0, 0.1) is 0 Å². The second-order valence-electron chi connectivity index (χ2n) is 8.38. The molecule has 0 aromatic heterocycles. The van der Waals surface area contributed by atoms with Crippen molar-refractivity contribution in [1.82, 2.24) is 0 Å². The summed E-state index contributed by atoms with van der Waals surface area (Å²) in [4.78, 5) is 13.0. The number of carbonyl (C=O) groups excluding carboxylic acids is 1. The van der Waals surface area contributed by atoms with Gasteiger partial charge in [0.25, 0.3) is 0 Å². The molecule has 2 nitrogen and oxygen atoms in total. The van der Waals surface area contributed by atoms with Gasteiger partial charge >= 0.3 is 12.4 Å². The minimum absolute atomic E-state index is 0.0695. The van der Waals surface area contributed by atoms with Gasteiger partial charge in [-0.25, -0.2) is 0 Å². The molecule has 2 aromatic carbocycles. The Kier molecular flexibility index (Phi) is 18.2. The smallest absolute Gasteiger partial charge is 0.416 e. The number of benzene rings is 2. The third kappa shape index (κ3) is 12.4. The number of halogens is 7. The van der Waals surface area contributed by atoms with Gasteiger partial charge in [-0.05, 0) is 89.3 Å². The number of ketones is 1. The topological polar surface area (TPSA) is 26.3 Å². The van der Waals surface area contributed by atoms with E-state index < -0.39 is 29.3 Å². The average molecular weight is 678 g/mol. The number of fused-ring (bicyclic) bond motifs is 1. The Labute approximate surface area is 261 Å². The van der Waals surface area contributed by atoms with E-state index in [9.17, 15) is 31.1 Å². The Bertz CT molecular complexity index is 1220. The van der Waals surface area contributed by atoms with Gasteiger partial charge in [-0.3, -0.25) is 4.79 Å². The Hall–Kier alpha value is -2.81. The molecule has 0 atom stereocenters. The molecule has 4 rings (SSSR count). The first-order valence-corrected chi connectivity index (χ1v) is 15.5. The fourth-order valence-corrected chi connectivity index (χ4v) is 4.33. The highest BCUT2D eigenvalue weighted by Gasteiger charge is 2.37. The van der Waals surface area contributed by atoms with Gasteiger partial charge in [0.2, 0.25) is 0 Å². The zero-order valence-corrected chi connectivity index (χ0v) is 27.8. The Morgan fingerprint density at radius 2 is 1.30 bits per heavy atom. The highest BCUT2D eigenvalue weighted by atomic mass is 79.9. The zero-order chi connectivity index (χ0) is 33.4. The van der Waals surface area contributed by atoms with Crippen LogP contribution in [0.3, 0.4) is 0 Å². The van der Waals surface area contributed by atoms with Crippen LogP contribution in [-0.2, 0) is 18.8 Å². The minimum Gasteiger partial charge on any atom is -0.489 e. The van der Waals surface area contributed by atoms with Crippen molar-refractivity contribution in [2.45, 2.75) is 93.4 Å². The Morgan fingerprint density at radius 1 is 0.744 bits per heavy atom. The fourth-order valence-electron chi connectivity index (χ4n) is 4.00. The lowest BCUT2D eigenvalue weighted by atomic mass is 9.85. The number of hydrogen-bond acceptors (Lipinski definition) is 2. The van der Waals surface area contributed by atoms with Gasteiger partial charge in [-0.1, -0.05) is 83.5 Å². The third-order valence-electron chi connectivity index (χ3n) is 5.84. The molecule has 0 aliphatic heterocycles. The van der Waals surface area contributed by atoms with Crippen LogP contribution in [-0.4, -0.2) is 12.4 Å². The van der Waals surface area contributed by atoms with Gasteiger partial charge < -0.3 is 4.74 Å². The van der Waals surface area contributed by atoms with Crippen LogP contribution in [0.25, 0.3) is 6.08 Å². The van der Waals surface area contributed by atoms with Crippen LogP contribution in [0.4, 0.5) is 26.3 Å². The van der Waals surface area contributed by atoms with Crippen molar-refractivity contribution in [3.63, 3.8) is 0 Å². The van der Waals surface area contributed by atoms with Gasteiger partial charge in [-0.15, -0.1) is 0 Å². The van der Waals surface area contributed by atoms with E-state index in [0.29, 0.717) is 36.5 Å². The van der Waals surface area contributed by atoms with E-state index >= 15 is 0 Å². The van der Waals surface area contributed by atoms with Gasteiger partial charge in [0.15, 0.2) is 5.78 Å². The normalized spacial score (nSPS) is 15.0. The first-order chi connectivity index (χ1) is 20.4. The molecule has 0 N–H and O–H groups in total. The summed E-state index contributed by atoms with van der Waals surface area (Å²) in [6.07, 6.45) is -2.44. The SMILES string of the molecule is CC.CC.CC.CC.O=C1/C(=C/c2cc(C(F)(F)F)cc(C(F)(F)F)c2)CCc2cc(OCC3=CC=C(Br)CC3)ccc21. The minimum atomic E-state index is -4.95. The number of carbonyl (C=O) groups is 1. The molecule has 0 heterocycles. The molecule has 0 unspecified atom stereocenters. The van der Waals surface area contributed by atoms with E-state index in [1.165, 1.54) is 0 Å². The van der Waals surface area contributed by atoms with E-state index in [2.05, 4.69) is 15.9 Å². The van der Waals surface area contributed by atoms with Crippen LogP contribution < -0.4 is 4.74 Å². The molecule has 0 saturated heterocycles. The highest BCUT2D eigenvalue weighted by Crippen LogP contribution is 2.37. The third-order valence-corrected chi connectivity index (χ3v) is 6.50. The Morgan fingerprint density at radius 3 is 1.79 bits per heavy atom. The number of ether oxygens (including phenoxy) is 1. The first kappa shape index (κ1) is 40.2. The van der Waals surface area contributed by atoms with Crippen molar-refractivity contribution >= 4 is 27.8 Å². The summed E-state index contributed by atoms with van der Waals surface area (Å²) in [6, 6.07) is 6.29. The van der Waals surface area contributed by atoms with Crippen molar-refractivity contribution in [2.75, 3.05) is 6.61 Å². The monoisotopic (exact) mass is 676 g/mol. The zero-order valence-electron chi connectivity index (χ0n) is 26.2. The molecule has 0 amide bonds. The lowest BCUT2D eigenvalue weighted by Crippen LogP contribution is -2.15. The summed E-state index contributed by atoms with van der Waals surface area (Å²) in [6.45, 7) is 16.4. The summed E-state index contributed by atoms with van der Waals surface area (Å²) in [7, 11) is 0. The number of Topliss-reactive ketones (excluding diaryl/α,β-unsaturated/α-hetero) is 1. The van der Waals surface area contributed by atoms with Crippen LogP contribution in [0.1, 0.15) is 107 Å². The molecule has 2 aliphatic carbocycles. The number of rotatable bonds is 4. The number of allylic oxidation sites excluding steroid dienone is 4. The summed E-state index contributed by atoms with van der Waals surface area (Å²) in [5, 5.41) is 0. The quantitative estimate of drug-likeness (QED) is 0.238. The molecule has 2 aromatic rings. The Balaban J connectivity index is 0.00000204. The van der Waals surface area contributed by atoms with Crippen molar-refractivity contribution in [1.29, 1.82) is 0 Å². The van der Waals surface area contributed by atoms with Crippen molar-refractivity contribution in [2.24, 2.45) is 0 Å². The molecular formula is C34H43BrF6O2. The van der Waals surface area contributed by atoms with Crippen LogP contribution in [0.15, 0.2) is 64.2 Å². The lowest BCUT2D eigenvalue weighted by Gasteiger charge is -2.20. The van der Waals surface area contributed by atoms with E-state index in [0.717, 1.165) is 34.5 Å². The van der Waals surface area contributed by atoms with E-state index in [4.69, 9.17) is 4.74 Å². The lowest BCUT2D eigenvalue weighted by molar-refractivity contribution is -0.143. The van der Waals surface area contributed by atoms with Crippen molar-refractivity contribution in [3.8, 4) is 5.75 Å². The van der Waals surface area contributed by atoms with E-state index in [-0.39, 0.29) is 23.6 Å². The largest absolute Gasteiger partial charge is 0.489 e. The van der Waals surface area contributed by atoms with Crippen molar-refractivity contribution in [3.05, 3.63) is 92.0 Å². The second kappa shape index (κ2) is 19.5. The molecule has 0 bridgehead atoms. The van der Waals surface area contributed by atoms with Crippen LogP contribution in [0.2, 0.25) is 0 Å².